The third kappa shape index (κ3) is 4.03. The quantitative estimate of drug-likeness (QED) is 0.310. The Balaban J connectivity index is 1.54. The van der Waals surface area contributed by atoms with Gasteiger partial charge < -0.3 is 5.32 Å². The van der Waals surface area contributed by atoms with Gasteiger partial charge in [0.05, 0.1) is 22.7 Å². The van der Waals surface area contributed by atoms with Crippen LogP contribution in [-0.4, -0.2) is 21.2 Å². The monoisotopic (exact) mass is 403 g/mol. The van der Waals surface area contributed by atoms with Crippen molar-refractivity contribution in [2.75, 3.05) is 5.75 Å². The smallest absolute Gasteiger partial charge is 0.261 e. The lowest BCUT2D eigenvalue weighted by Crippen LogP contribution is -2.28. The first-order valence-corrected chi connectivity index (χ1v) is 10.4. The highest BCUT2D eigenvalue weighted by Gasteiger charge is 2.13. The first-order chi connectivity index (χ1) is 14.0. The minimum absolute atomic E-state index is 0.0796. The number of nitrogens with one attached hydrogen (secondary N) is 1. The van der Waals surface area contributed by atoms with E-state index in [1.54, 1.807) is 7.05 Å². The normalized spacial score (nSPS) is 12.2. The second-order valence-corrected chi connectivity index (χ2v) is 7.91. The standard InChI is InChI=1S/C23H21N3O2S/c1-15(16-8-4-3-5-9-16)24-21(27)14-29-23-25-20-13-18-11-7-6-10-17(18)12-19(20)22(28)26(23)2/h3-13,15H,14H2,1-2H3,(H,24,27)/t15-/m1/s1. The predicted molar refractivity (Wildman–Crippen MR) is 118 cm³/mol. The number of carbonyl (C=O) groups excluding carboxylic acids is 1. The van der Waals surface area contributed by atoms with Crippen molar-refractivity contribution in [2.45, 2.75) is 18.1 Å². The van der Waals surface area contributed by atoms with E-state index in [0.29, 0.717) is 16.1 Å². The number of carbonyl (C=O) groups is 1. The molecule has 29 heavy (non-hydrogen) atoms. The highest BCUT2D eigenvalue weighted by Crippen LogP contribution is 2.22. The van der Waals surface area contributed by atoms with Gasteiger partial charge in [0.15, 0.2) is 5.16 Å². The molecule has 0 radical (unpaired) electrons. The van der Waals surface area contributed by atoms with E-state index in [0.717, 1.165) is 16.3 Å². The van der Waals surface area contributed by atoms with Crippen LogP contribution in [0.1, 0.15) is 18.5 Å². The summed E-state index contributed by atoms with van der Waals surface area (Å²) in [4.78, 5) is 29.8. The Morgan fingerprint density at radius 2 is 1.72 bits per heavy atom. The maximum atomic E-state index is 12.8. The van der Waals surface area contributed by atoms with Crippen LogP contribution < -0.4 is 10.9 Å². The summed E-state index contributed by atoms with van der Waals surface area (Å²) in [7, 11) is 1.69. The lowest BCUT2D eigenvalue weighted by atomic mass is 10.1. The number of nitrogens with zero attached hydrogens (tertiary/aromatic N) is 2. The summed E-state index contributed by atoms with van der Waals surface area (Å²) < 4.78 is 1.51. The van der Waals surface area contributed by atoms with E-state index in [1.165, 1.54) is 16.3 Å². The largest absolute Gasteiger partial charge is 0.349 e. The lowest BCUT2D eigenvalue weighted by molar-refractivity contribution is -0.119. The zero-order chi connectivity index (χ0) is 20.4. The molecule has 0 fully saturated rings. The van der Waals surface area contributed by atoms with Gasteiger partial charge in [0, 0.05) is 7.05 Å². The molecule has 3 aromatic carbocycles. The minimum Gasteiger partial charge on any atom is -0.349 e. The second kappa shape index (κ2) is 8.09. The molecule has 1 aromatic heterocycles. The molecular weight excluding hydrogens is 382 g/mol. The number of aromatic nitrogens is 2. The summed E-state index contributed by atoms with van der Waals surface area (Å²) in [5.41, 5.74) is 1.59. The fraction of sp³-hybridized carbons (Fsp3) is 0.174. The summed E-state index contributed by atoms with van der Waals surface area (Å²) in [6.45, 7) is 1.95. The van der Waals surface area contributed by atoms with Crippen LogP contribution in [0, 0.1) is 0 Å². The van der Waals surface area contributed by atoms with Gasteiger partial charge in [-0.05, 0) is 35.4 Å². The molecule has 1 amide bonds. The van der Waals surface area contributed by atoms with Crippen molar-refractivity contribution in [2.24, 2.45) is 7.05 Å². The van der Waals surface area contributed by atoms with Crippen LogP contribution in [-0.2, 0) is 11.8 Å². The summed E-state index contributed by atoms with van der Waals surface area (Å²) >= 11 is 1.27. The van der Waals surface area contributed by atoms with Gasteiger partial charge in [-0.25, -0.2) is 4.98 Å². The van der Waals surface area contributed by atoms with Crippen molar-refractivity contribution in [3.05, 3.63) is 82.6 Å². The molecule has 5 nitrogen and oxygen atoms in total. The average molecular weight is 404 g/mol. The first kappa shape index (κ1) is 19.2. The van der Waals surface area contributed by atoms with Crippen LogP contribution in [0.3, 0.4) is 0 Å². The number of hydrogen-bond acceptors (Lipinski definition) is 4. The molecule has 4 rings (SSSR count). The van der Waals surface area contributed by atoms with Crippen molar-refractivity contribution in [3.63, 3.8) is 0 Å². The van der Waals surface area contributed by atoms with Crippen LogP contribution >= 0.6 is 11.8 Å². The Bertz CT molecular complexity index is 1250. The Morgan fingerprint density at radius 3 is 2.45 bits per heavy atom. The summed E-state index contributed by atoms with van der Waals surface area (Å²) in [5.74, 6) is 0.0931. The predicted octanol–water partition coefficient (Wildman–Crippen LogP) is 4.06. The van der Waals surface area contributed by atoms with Crippen molar-refractivity contribution >= 4 is 39.3 Å². The third-order valence-electron chi connectivity index (χ3n) is 4.91. The van der Waals surface area contributed by atoms with E-state index >= 15 is 0 Å². The van der Waals surface area contributed by atoms with Gasteiger partial charge in [0.2, 0.25) is 5.91 Å². The van der Waals surface area contributed by atoms with Crippen LogP contribution in [0.15, 0.2) is 76.7 Å². The third-order valence-corrected chi connectivity index (χ3v) is 5.94. The summed E-state index contributed by atoms with van der Waals surface area (Å²) in [5, 5.41) is 6.14. The SMILES string of the molecule is C[C@@H](NC(=O)CSc1nc2cc3ccccc3cc2c(=O)n1C)c1ccccc1. The molecule has 0 saturated carbocycles. The minimum atomic E-state index is -0.110. The van der Waals surface area contributed by atoms with E-state index < -0.39 is 0 Å². The highest BCUT2D eigenvalue weighted by molar-refractivity contribution is 7.99. The van der Waals surface area contributed by atoms with Crippen LogP contribution in [0.4, 0.5) is 0 Å². The Hall–Kier alpha value is -3.12. The van der Waals surface area contributed by atoms with Gasteiger partial charge in [-0.2, -0.15) is 0 Å². The molecule has 1 heterocycles. The number of rotatable bonds is 5. The van der Waals surface area contributed by atoms with Gasteiger partial charge in [-0.15, -0.1) is 0 Å². The highest BCUT2D eigenvalue weighted by atomic mass is 32.2. The molecule has 0 spiro atoms. The van der Waals surface area contributed by atoms with Gasteiger partial charge in [-0.3, -0.25) is 14.2 Å². The van der Waals surface area contributed by atoms with Gasteiger partial charge >= 0.3 is 0 Å². The van der Waals surface area contributed by atoms with E-state index in [1.807, 2.05) is 73.7 Å². The molecule has 4 aromatic rings. The zero-order valence-electron chi connectivity index (χ0n) is 16.3. The number of hydrogen-bond donors (Lipinski definition) is 1. The van der Waals surface area contributed by atoms with Crippen molar-refractivity contribution in [1.29, 1.82) is 0 Å². The van der Waals surface area contributed by atoms with E-state index in [-0.39, 0.29) is 23.3 Å². The molecule has 0 unspecified atom stereocenters. The summed E-state index contributed by atoms with van der Waals surface area (Å²) in [6.07, 6.45) is 0. The molecule has 0 bridgehead atoms. The fourth-order valence-corrected chi connectivity index (χ4v) is 4.09. The molecular formula is C23H21N3O2S. The van der Waals surface area contributed by atoms with E-state index in [2.05, 4.69) is 10.3 Å². The fourth-order valence-electron chi connectivity index (χ4n) is 3.31. The maximum Gasteiger partial charge on any atom is 0.261 e. The van der Waals surface area contributed by atoms with Gasteiger partial charge in [0.1, 0.15) is 0 Å². The molecule has 0 saturated heterocycles. The molecule has 6 heteroatoms. The number of fused-ring (bicyclic) bond motifs is 2. The van der Waals surface area contributed by atoms with E-state index in [4.69, 9.17) is 0 Å². The lowest BCUT2D eigenvalue weighted by Gasteiger charge is -2.14. The average Bonchev–Trinajstić information content (AvgIpc) is 2.75. The molecule has 146 valence electrons. The molecule has 1 N–H and O–H groups in total. The summed E-state index contributed by atoms with van der Waals surface area (Å²) in [6, 6.07) is 21.4. The second-order valence-electron chi connectivity index (χ2n) is 6.96. The van der Waals surface area contributed by atoms with E-state index in [9.17, 15) is 9.59 Å². The van der Waals surface area contributed by atoms with Gasteiger partial charge in [-0.1, -0.05) is 66.4 Å². The maximum absolute atomic E-state index is 12.8. The molecule has 1 atom stereocenters. The van der Waals surface area contributed by atoms with Crippen LogP contribution in [0.2, 0.25) is 0 Å². The number of benzene rings is 3. The zero-order valence-corrected chi connectivity index (χ0v) is 17.1. The Kier molecular flexibility index (Phi) is 5.36. The first-order valence-electron chi connectivity index (χ1n) is 9.39. The van der Waals surface area contributed by atoms with Gasteiger partial charge in [0.25, 0.3) is 5.56 Å². The topological polar surface area (TPSA) is 64.0 Å². The molecule has 0 aliphatic carbocycles. The van der Waals surface area contributed by atoms with Crippen LogP contribution in [0.25, 0.3) is 21.7 Å². The van der Waals surface area contributed by atoms with Crippen molar-refractivity contribution < 1.29 is 4.79 Å². The van der Waals surface area contributed by atoms with Crippen molar-refractivity contribution in [1.82, 2.24) is 14.9 Å². The number of amides is 1. The van der Waals surface area contributed by atoms with Crippen LogP contribution in [0.5, 0.6) is 0 Å². The molecule has 0 aliphatic heterocycles. The Morgan fingerprint density at radius 1 is 1.07 bits per heavy atom. The van der Waals surface area contributed by atoms with Crippen molar-refractivity contribution in [3.8, 4) is 0 Å². The molecule has 0 aliphatic rings. The number of thioether (sulfide) groups is 1. The Labute approximate surface area is 172 Å².